The lowest BCUT2D eigenvalue weighted by Gasteiger charge is -2.26. The second kappa shape index (κ2) is 5.42. The fourth-order valence-electron chi connectivity index (χ4n) is 2.23. The third kappa shape index (κ3) is 2.66. The van der Waals surface area contributed by atoms with Gasteiger partial charge in [-0.1, -0.05) is 18.2 Å². The van der Waals surface area contributed by atoms with Crippen LogP contribution in [-0.4, -0.2) is 49.3 Å². The Morgan fingerprint density at radius 1 is 1.22 bits per heavy atom. The first-order chi connectivity index (χ1) is 8.92. The number of nitrogens with one attached hydrogen (secondary N) is 1. The van der Waals surface area contributed by atoms with E-state index in [0.717, 1.165) is 44.2 Å². The van der Waals surface area contributed by atoms with Gasteiger partial charge in [0.25, 0.3) is 0 Å². The van der Waals surface area contributed by atoms with Crippen LogP contribution in [-0.2, 0) is 4.74 Å². The molecule has 1 aliphatic heterocycles. The number of fused-ring (bicyclic) bond motifs is 1. The van der Waals surface area contributed by atoms with Crippen LogP contribution in [0.3, 0.4) is 0 Å². The van der Waals surface area contributed by atoms with E-state index in [1.54, 1.807) is 0 Å². The van der Waals surface area contributed by atoms with Gasteiger partial charge in [0.1, 0.15) is 6.61 Å². The molecule has 3 rings (SSSR count). The Hall–Kier alpha value is -1.52. The smallest absolute Gasteiger partial charge is 0.191 e. The van der Waals surface area contributed by atoms with Crippen molar-refractivity contribution in [1.29, 1.82) is 0 Å². The van der Waals surface area contributed by atoms with Crippen LogP contribution in [0.15, 0.2) is 30.3 Å². The molecule has 1 aliphatic rings. The van der Waals surface area contributed by atoms with Crippen LogP contribution in [0, 0.1) is 0 Å². The number of rotatable bonds is 4. The number of H-pyrrole nitrogens is 1. The normalized spacial score (nSPS) is 17.1. The van der Waals surface area contributed by atoms with E-state index >= 15 is 0 Å². The van der Waals surface area contributed by atoms with Crippen molar-refractivity contribution in [2.75, 3.05) is 39.5 Å². The van der Waals surface area contributed by atoms with Gasteiger partial charge in [0, 0.05) is 36.6 Å². The molecular formula is C14H18N2O2. The molecule has 1 N–H and O–H groups in total. The molecule has 0 saturated carbocycles. The van der Waals surface area contributed by atoms with Crippen LogP contribution >= 0.6 is 0 Å². The third-order valence-corrected chi connectivity index (χ3v) is 3.27. The Morgan fingerprint density at radius 2 is 2.06 bits per heavy atom. The Bertz CT molecular complexity index is 470. The molecule has 96 valence electrons. The predicted molar refractivity (Wildman–Crippen MR) is 71.1 cm³/mol. The standard InChI is InChI=1S/C14H18N2O2/c1-2-4-13-12(3-1)11-14(15-13)18-10-7-16-5-8-17-9-6-16/h1-4,11,15H,5-10H2. The van der Waals surface area contributed by atoms with Crippen LogP contribution in [0.2, 0.25) is 0 Å². The van der Waals surface area contributed by atoms with Crippen molar-refractivity contribution in [1.82, 2.24) is 9.88 Å². The van der Waals surface area contributed by atoms with E-state index in [1.165, 1.54) is 5.39 Å². The molecule has 0 aliphatic carbocycles. The molecule has 18 heavy (non-hydrogen) atoms. The lowest BCUT2D eigenvalue weighted by atomic mass is 10.3. The summed E-state index contributed by atoms with van der Waals surface area (Å²) < 4.78 is 11.1. The number of nitrogens with zero attached hydrogens (tertiary/aromatic N) is 1. The summed E-state index contributed by atoms with van der Waals surface area (Å²) in [6.07, 6.45) is 0. The summed E-state index contributed by atoms with van der Waals surface area (Å²) in [5, 5.41) is 1.19. The second-order valence-corrected chi connectivity index (χ2v) is 4.52. The number of aromatic nitrogens is 1. The van der Waals surface area contributed by atoms with Crippen molar-refractivity contribution in [3.8, 4) is 5.88 Å². The first-order valence-corrected chi connectivity index (χ1v) is 6.42. The maximum absolute atomic E-state index is 5.76. The average Bonchev–Trinajstić information content (AvgIpc) is 2.82. The molecule has 2 heterocycles. The number of aromatic amines is 1. The Morgan fingerprint density at radius 3 is 2.89 bits per heavy atom. The van der Waals surface area contributed by atoms with Crippen molar-refractivity contribution in [3.63, 3.8) is 0 Å². The van der Waals surface area contributed by atoms with E-state index in [2.05, 4.69) is 28.1 Å². The van der Waals surface area contributed by atoms with Crippen molar-refractivity contribution in [3.05, 3.63) is 30.3 Å². The van der Waals surface area contributed by atoms with Gasteiger partial charge in [0.2, 0.25) is 0 Å². The highest BCUT2D eigenvalue weighted by atomic mass is 16.5. The van der Waals surface area contributed by atoms with Gasteiger partial charge in [-0.25, -0.2) is 0 Å². The van der Waals surface area contributed by atoms with Gasteiger partial charge in [-0.3, -0.25) is 4.90 Å². The zero-order valence-electron chi connectivity index (χ0n) is 10.4. The van der Waals surface area contributed by atoms with Gasteiger partial charge >= 0.3 is 0 Å². The number of morpholine rings is 1. The highest BCUT2D eigenvalue weighted by molar-refractivity contribution is 5.81. The van der Waals surface area contributed by atoms with Gasteiger partial charge in [-0.05, 0) is 6.07 Å². The number of benzene rings is 1. The number of hydrogen-bond acceptors (Lipinski definition) is 3. The molecule has 1 fully saturated rings. The van der Waals surface area contributed by atoms with Gasteiger partial charge in [-0.15, -0.1) is 0 Å². The summed E-state index contributed by atoms with van der Waals surface area (Å²) in [7, 11) is 0. The van der Waals surface area contributed by atoms with Crippen LogP contribution < -0.4 is 4.74 Å². The topological polar surface area (TPSA) is 37.5 Å². The lowest BCUT2D eigenvalue weighted by molar-refractivity contribution is 0.0320. The largest absolute Gasteiger partial charge is 0.478 e. The predicted octanol–water partition coefficient (Wildman–Crippen LogP) is 1.88. The Balaban J connectivity index is 1.53. The third-order valence-electron chi connectivity index (χ3n) is 3.27. The SMILES string of the molecule is c1ccc2[nH]c(OCCN3CCOCC3)cc2c1. The van der Waals surface area contributed by atoms with Crippen molar-refractivity contribution >= 4 is 10.9 Å². The highest BCUT2D eigenvalue weighted by Crippen LogP contribution is 2.19. The summed E-state index contributed by atoms with van der Waals surface area (Å²) in [6.45, 7) is 5.37. The summed E-state index contributed by atoms with van der Waals surface area (Å²) in [4.78, 5) is 5.64. The molecule has 0 bridgehead atoms. The maximum atomic E-state index is 5.76. The van der Waals surface area contributed by atoms with Gasteiger partial charge in [0.05, 0.1) is 13.2 Å². The van der Waals surface area contributed by atoms with Crippen molar-refractivity contribution in [2.24, 2.45) is 0 Å². The van der Waals surface area contributed by atoms with Crippen LogP contribution in [0.4, 0.5) is 0 Å². The number of ether oxygens (including phenoxy) is 2. The monoisotopic (exact) mass is 246 g/mol. The molecule has 0 amide bonds. The zero-order chi connectivity index (χ0) is 12.2. The Kier molecular flexibility index (Phi) is 3.48. The molecule has 2 aromatic rings. The molecule has 1 aromatic carbocycles. The van der Waals surface area contributed by atoms with Gasteiger partial charge < -0.3 is 14.5 Å². The number of para-hydroxylation sites is 1. The van der Waals surface area contributed by atoms with Crippen LogP contribution in [0.5, 0.6) is 5.88 Å². The highest BCUT2D eigenvalue weighted by Gasteiger charge is 2.10. The maximum Gasteiger partial charge on any atom is 0.191 e. The molecular weight excluding hydrogens is 228 g/mol. The molecule has 1 saturated heterocycles. The van der Waals surface area contributed by atoms with E-state index < -0.39 is 0 Å². The molecule has 4 heteroatoms. The molecule has 0 spiro atoms. The van der Waals surface area contributed by atoms with E-state index in [-0.39, 0.29) is 0 Å². The fourth-order valence-corrected chi connectivity index (χ4v) is 2.23. The summed E-state index contributed by atoms with van der Waals surface area (Å²) in [5.41, 5.74) is 1.12. The summed E-state index contributed by atoms with van der Waals surface area (Å²) >= 11 is 0. The molecule has 0 radical (unpaired) electrons. The van der Waals surface area contributed by atoms with Crippen molar-refractivity contribution in [2.45, 2.75) is 0 Å². The summed E-state index contributed by atoms with van der Waals surface area (Å²) in [6, 6.07) is 10.3. The summed E-state index contributed by atoms with van der Waals surface area (Å²) in [5.74, 6) is 0.851. The molecule has 0 unspecified atom stereocenters. The zero-order valence-corrected chi connectivity index (χ0v) is 10.4. The van der Waals surface area contributed by atoms with E-state index in [0.29, 0.717) is 6.61 Å². The molecule has 1 aromatic heterocycles. The van der Waals surface area contributed by atoms with Crippen LogP contribution in [0.1, 0.15) is 0 Å². The number of hydrogen-bond donors (Lipinski definition) is 1. The fraction of sp³-hybridized carbons (Fsp3) is 0.429. The second-order valence-electron chi connectivity index (χ2n) is 4.52. The first kappa shape index (κ1) is 11.6. The van der Waals surface area contributed by atoms with Gasteiger partial charge in [0.15, 0.2) is 5.88 Å². The lowest BCUT2D eigenvalue weighted by Crippen LogP contribution is -2.38. The quantitative estimate of drug-likeness (QED) is 0.895. The first-order valence-electron chi connectivity index (χ1n) is 6.42. The van der Waals surface area contributed by atoms with E-state index in [1.807, 2.05) is 12.1 Å². The average molecular weight is 246 g/mol. The van der Waals surface area contributed by atoms with E-state index in [9.17, 15) is 0 Å². The minimum absolute atomic E-state index is 0.715. The minimum atomic E-state index is 0.715. The van der Waals surface area contributed by atoms with Crippen molar-refractivity contribution < 1.29 is 9.47 Å². The van der Waals surface area contributed by atoms with Crippen LogP contribution in [0.25, 0.3) is 10.9 Å². The minimum Gasteiger partial charge on any atom is -0.478 e. The van der Waals surface area contributed by atoms with Gasteiger partial charge in [-0.2, -0.15) is 0 Å². The molecule has 0 atom stereocenters. The molecule has 4 nitrogen and oxygen atoms in total. The Labute approximate surface area is 106 Å². The van der Waals surface area contributed by atoms with E-state index in [4.69, 9.17) is 9.47 Å².